The van der Waals surface area contributed by atoms with Crippen molar-refractivity contribution in [3.8, 4) is 5.75 Å². The lowest BCUT2D eigenvalue weighted by Gasteiger charge is -2.24. The molecular formula is C69H132O4. The molecule has 0 amide bonds. The van der Waals surface area contributed by atoms with Crippen LogP contribution in [-0.2, 0) is 33.5 Å². The third-order valence-corrected chi connectivity index (χ3v) is 16.2. The Bertz CT molecular complexity index is 1230. The maximum atomic E-state index is 11.4. The summed E-state index contributed by atoms with van der Waals surface area (Å²) in [5.41, 5.74) is 3.62. The Labute approximate surface area is 459 Å². The van der Waals surface area contributed by atoms with Gasteiger partial charge in [0.15, 0.2) is 0 Å². The molecule has 432 valence electrons. The molecule has 1 rings (SSSR count). The predicted molar refractivity (Wildman–Crippen MR) is 324 cm³/mol. The molecule has 0 bridgehead atoms. The molecule has 0 heterocycles. The molecule has 0 fully saturated rings. The fourth-order valence-electron chi connectivity index (χ4n) is 11.3. The number of ether oxygens (including phenoxy) is 3. The van der Waals surface area contributed by atoms with Crippen LogP contribution in [0.2, 0.25) is 0 Å². The number of rotatable bonds is 60. The molecule has 0 spiro atoms. The number of unbranched alkanes of at least 4 members (excludes halogenated alkanes) is 45. The van der Waals surface area contributed by atoms with E-state index in [-0.39, 0.29) is 18.3 Å². The second-order valence-electron chi connectivity index (χ2n) is 23.8. The lowest BCUT2D eigenvalue weighted by atomic mass is 9.90. The average Bonchev–Trinajstić information content (AvgIpc) is 3.38. The van der Waals surface area contributed by atoms with Crippen molar-refractivity contribution >= 4 is 0 Å². The Balaban J connectivity index is 2.49. The van der Waals surface area contributed by atoms with Crippen LogP contribution in [0, 0.1) is 0 Å². The van der Waals surface area contributed by atoms with Gasteiger partial charge in [-0.3, -0.25) is 0 Å². The third-order valence-electron chi connectivity index (χ3n) is 16.2. The van der Waals surface area contributed by atoms with Gasteiger partial charge >= 0.3 is 0 Å². The number of phenols is 1. The van der Waals surface area contributed by atoms with E-state index in [0.717, 1.165) is 63.9 Å². The maximum absolute atomic E-state index is 11.4. The van der Waals surface area contributed by atoms with Crippen LogP contribution in [-0.4, -0.2) is 43.2 Å². The van der Waals surface area contributed by atoms with E-state index in [0.29, 0.717) is 5.75 Å². The first-order chi connectivity index (χ1) is 35.9. The first-order valence-electron chi connectivity index (χ1n) is 33.6. The van der Waals surface area contributed by atoms with Crippen molar-refractivity contribution in [1.29, 1.82) is 0 Å². The van der Waals surface area contributed by atoms with Crippen LogP contribution < -0.4 is 0 Å². The molecule has 0 radical (unpaired) electrons. The zero-order chi connectivity index (χ0) is 52.8. The Hall–Kier alpha value is -1.10. The molecule has 73 heavy (non-hydrogen) atoms. The zero-order valence-corrected chi connectivity index (χ0v) is 50.7. The number of aromatic hydroxyl groups is 1. The van der Waals surface area contributed by atoms with Gasteiger partial charge in [-0.05, 0) is 75.6 Å². The van der Waals surface area contributed by atoms with E-state index in [4.69, 9.17) is 14.2 Å². The van der Waals surface area contributed by atoms with E-state index in [2.05, 4.69) is 47.6 Å². The highest BCUT2D eigenvalue weighted by molar-refractivity contribution is 5.45. The number of hydrogen-bond acceptors (Lipinski definition) is 4. The van der Waals surface area contributed by atoms with Gasteiger partial charge in [0, 0.05) is 26.2 Å². The summed E-state index contributed by atoms with van der Waals surface area (Å²) in [5.74, 6) is 0.406. The summed E-state index contributed by atoms with van der Waals surface area (Å²) in [4.78, 5) is 0. The van der Waals surface area contributed by atoms with Gasteiger partial charge in [-0.1, -0.05) is 316 Å². The fourth-order valence-corrected chi connectivity index (χ4v) is 11.3. The molecule has 0 aliphatic carbocycles. The molecular weight excluding hydrogens is 893 g/mol. The second kappa shape index (κ2) is 55.6. The van der Waals surface area contributed by atoms with E-state index in [1.807, 2.05) is 6.07 Å². The normalized spacial score (nSPS) is 13.1. The molecule has 4 nitrogen and oxygen atoms in total. The molecule has 1 aromatic carbocycles. The summed E-state index contributed by atoms with van der Waals surface area (Å²) in [7, 11) is 0. The third kappa shape index (κ3) is 46.7. The van der Waals surface area contributed by atoms with Gasteiger partial charge in [0.1, 0.15) is 5.75 Å². The molecule has 4 heteroatoms. The molecule has 0 saturated carbocycles. The number of phenolic OH excluding ortho intramolecular Hbond substituents is 1. The average molecular weight is 1030 g/mol. The molecule has 1 aromatic rings. The topological polar surface area (TPSA) is 47.9 Å². The van der Waals surface area contributed by atoms with E-state index >= 15 is 0 Å². The van der Waals surface area contributed by atoms with Crippen LogP contribution in [0.25, 0.3) is 0 Å². The fraction of sp³-hybridized carbons (Fsp3) is 0.913. The number of hydrogen-bond donors (Lipinski definition) is 1. The summed E-state index contributed by atoms with van der Waals surface area (Å²) in [6.45, 7) is 16.0. The first kappa shape index (κ1) is 69.9. The van der Waals surface area contributed by atoms with Crippen LogP contribution in [0.1, 0.15) is 366 Å². The zero-order valence-electron chi connectivity index (χ0n) is 50.7. The minimum absolute atomic E-state index is 0.0566. The molecule has 0 aromatic heterocycles. The molecule has 1 N–H and O–H groups in total. The van der Waals surface area contributed by atoms with Gasteiger partial charge in [-0.2, -0.15) is 0 Å². The van der Waals surface area contributed by atoms with Crippen molar-refractivity contribution in [3.63, 3.8) is 0 Å². The standard InChI is InChI=1S/C69H132O4/c1-7-10-13-16-19-22-25-28-31-34-37-40-43-46-49-52-57-71-63(4)60-66-55-56-69(70)68(62-65(6)73-59-54-51-48-45-42-39-36-33-30-27-24-21-18-15-12-9-3)67(66)61-64(5)72-58-53-50-47-44-41-38-35-32-29-26-23-20-17-14-11-8-2/h55-56,63-65,70H,7-54,57-62H2,1-6H3. The van der Waals surface area contributed by atoms with Gasteiger partial charge in [-0.25, -0.2) is 0 Å². The van der Waals surface area contributed by atoms with Gasteiger partial charge in [0.2, 0.25) is 0 Å². The SMILES string of the molecule is CCCCCCCCCCCCCCCCCCOC(C)Cc1ccc(O)c(CC(C)OCCCCCCCCCCCCCCCCCC)c1CC(C)OCCCCCCCCCCCCCCCCCC. The van der Waals surface area contributed by atoms with Crippen molar-refractivity contribution in [2.45, 2.75) is 387 Å². The summed E-state index contributed by atoms with van der Waals surface area (Å²) in [6.07, 6.45) is 69.2. The Morgan fingerprint density at radius 2 is 0.479 bits per heavy atom. The van der Waals surface area contributed by atoms with Crippen LogP contribution in [0.15, 0.2) is 12.1 Å². The van der Waals surface area contributed by atoms with E-state index in [9.17, 15) is 5.11 Å². The van der Waals surface area contributed by atoms with Gasteiger partial charge in [0.05, 0.1) is 18.3 Å². The summed E-state index contributed by atoms with van der Waals surface area (Å²) in [6, 6.07) is 4.09. The lowest BCUT2D eigenvalue weighted by Crippen LogP contribution is -2.20. The largest absolute Gasteiger partial charge is 0.508 e. The van der Waals surface area contributed by atoms with E-state index in [1.165, 1.54) is 300 Å². The highest BCUT2D eigenvalue weighted by Crippen LogP contribution is 2.30. The highest BCUT2D eigenvalue weighted by Gasteiger charge is 2.20. The summed E-state index contributed by atoms with van der Waals surface area (Å²) < 4.78 is 19.4. The monoisotopic (exact) mass is 1030 g/mol. The van der Waals surface area contributed by atoms with Crippen molar-refractivity contribution in [2.24, 2.45) is 0 Å². The first-order valence-corrected chi connectivity index (χ1v) is 33.6. The van der Waals surface area contributed by atoms with Gasteiger partial charge in [-0.15, -0.1) is 0 Å². The van der Waals surface area contributed by atoms with E-state index < -0.39 is 0 Å². The predicted octanol–water partition coefficient (Wildman–Crippen LogP) is 23.0. The van der Waals surface area contributed by atoms with Crippen molar-refractivity contribution < 1.29 is 19.3 Å². The molecule has 0 aliphatic heterocycles. The quantitative estimate of drug-likeness (QED) is 0.0661. The number of benzene rings is 1. The van der Waals surface area contributed by atoms with Crippen LogP contribution >= 0.6 is 0 Å². The van der Waals surface area contributed by atoms with Crippen LogP contribution in [0.5, 0.6) is 5.75 Å². The Kier molecular flexibility index (Phi) is 53.3. The van der Waals surface area contributed by atoms with E-state index in [1.54, 1.807) is 0 Å². The highest BCUT2D eigenvalue weighted by atomic mass is 16.5. The Morgan fingerprint density at radius 3 is 0.726 bits per heavy atom. The molecule has 0 saturated heterocycles. The lowest BCUT2D eigenvalue weighted by molar-refractivity contribution is 0.0574. The molecule has 3 unspecified atom stereocenters. The Morgan fingerprint density at radius 1 is 0.274 bits per heavy atom. The van der Waals surface area contributed by atoms with Gasteiger partial charge in [0.25, 0.3) is 0 Å². The van der Waals surface area contributed by atoms with Crippen molar-refractivity contribution in [2.75, 3.05) is 19.8 Å². The summed E-state index contributed by atoms with van der Waals surface area (Å²) in [5, 5.41) is 11.4. The molecule has 0 aliphatic rings. The van der Waals surface area contributed by atoms with Crippen molar-refractivity contribution in [3.05, 3.63) is 28.8 Å². The van der Waals surface area contributed by atoms with Crippen LogP contribution in [0.4, 0.5) is 0 Å². The van der Waals surface area contributed by atoms with Crippen LogP contribution in [0.3, 0.4) is 0 Å². The minimum atomic E-state index is 0.0566. The van der Waals surface area contributed by atoms with Gasteiger partial charge < -0.3 is 19.3 Å². The summed E-state index contributed by atoms with van der Waals surface area (Å²) >= 11 is 0. The smallest absolute Gasteiger partial charge is 0.119 e. The second-order valence-corrected chi connectivity index (χ2v) is 23.8. The maximum Gasteiger partial charge on any atom is 0.119 e. The minimum Gasteiger partial charge on any atom is -0.508 e. The molecule has 3 atom stereocenters. The van der Waals surface area contributed by atoms with Crippen molar-refractivity contribution in [1.82, 2.24) is 0 Å².